The van der Waals surface area contributed by atoms with Crippen LogP contribution in [-0.2, 0) is 16.6 Å². The van der Waals surface area contributed by atoms with E-state index in [9.17, 15) is 13.2 Å². The second kappa shape index (κ2) is 9.97. The maximum Gasteiger partial charge on any atom is 0.308 e. The third kappa shape index (κ3) is 5.19. The summed E-state index contributed by atoms with van der Waals surface area (Å²) in [5.74, 6) is 0. The molecule has 35 heavy (non-hydrogen) atoms. The van der Waals surface area contributed by atoms with Crippen molar-refractivity contribution in [2.24, 2.45) is 0 Å². The number of nitrogens with zero attached hydrogens (tertiary/aromatic N) is 2. The number of piperidine rings is 1. The molecule has 0 amide bonds. The molecule has 1 aliphatic heterocycles. The Bertz CT molecular complexity index is 1470. The van der Waals surface area contributed by atoms with E-state index in [2.05, 4.69) is 21.8 Å². The highest BCUT2D eigenvalue weighted by Crippen LogP contribution is 2.26. The molecule has 0 spiro atoms. The molecule has 0 aliphatic carbocycles. The highest BCUT2D eigenvalue weighted by molar-refractivity contribution is 7.89. The summed E-state index contributed by atoms with van der Waals surface area (Å²) in [5, 5.41) is 0. The second-order valence-corrected chi connectivity index (χ2v) is 11.8. The molecule has 1 fully saturated rings. The van der Waals surface area contributed by atoms with E-state index in [4.69, 9.17) is 0 Å². The van der Waals surface area contributed by atoms with Crippen molar-refractivity contribution in [2.75, 3.05) is 18.0 Å². The maximum atomic E-state index is 13.2. The van der Waals surface area contributed by atoms with Gasteiger partial charge in [0.2, 0.25) is 10.0 Å². The SMILES string of the molecule is CC(NS(=O)(=O)c1ccc2c(c1)sc(=O)n2Cc1ccccc1)c1ccc(N2CCCCC2)cc1. The van der Waals surface area contributed by atoms with Crippen molar-refractivity contribution >= 4 is 37.3 Å². The third-order valence-corrected chi connectivity index (χ3v) is 9.06. The molecule has 1 N–H and O–H groups in total. The van der Waals surface area contributed by atoms with Crippen LogP contribution in [0.25, 0.3) is 10.2 Å². The Morgan fingerprint density at radius 3 is 2.37 bits per heavy atom. The average molecular weight is 508 g/mol. The van der Waals surface area contributed by atoms with Gasteiger partial charge < -0.3 is 4.90 Å². The number of hydrogen-bond donors (Lipinski definition) is 1. The smallest absolute Gasteiger partial charge is 0.308 e. The Kier molecular flexibility index (Phi) is 6.77. The van der Waals surface area contributed by atoms with E-state index in [1.165, 1.54) is 24.9 Å². The summed E-state index contributed by atoms with van der Waals surface area (Å²) in [6, 6.07) is 22.4. The number of hydrogen-bond acceptors (Lipinski definition) is 5. The lowest BCUT2D eigenvalue weighted by atomic mass is 10.1. The zero-order valence-electron chi connectivity index (χ0n) is 19.7. The Morgan fingerprint density at radius 1 is 0.943 bits per heavy atom. The van der Waals surface area contributed by atoms with E-state index in [1.54, 1.807) is 22.8 Å². The molecular weight excluding hydrogens is 478 g/mol. The molecule has 6 nitrogen and oxygen atoms in total. The summed E-state index contributed by atoms with van der Waals surface area (Å²) in [7, 11) is -3.76. The van der Waals surface area contributed by atoms with E-state index >= 15 is 0 Å². The molecule has 0 radical (unpaired) electrons. The minimum absolute atomic E-state index is 0.103. The lowest BCUT2D eigenvalue weighted by Gasteiger charge is -2.29. The zero-order chi connectivity index (χ0) is 24.4. The van der Waals surface area contributed by atoms with Crippen molar-refractivity contribution in [1.82, 2.24) is 9.29 Å². The topological polar surface area (TPSA) is 71.4 Å². The average Bonchev–Trinajstić information content (AvgIpc) is 3.19. The molecule has 1 aliphatic rings. The largest absolute Gasteiger partial charge is 0.372 e. The summed E-state index contributed by atoms with van der Waals surface area (Å²) >= 11 is 1.07. The van der Waals surface area contributed by atoms with Crippen molar-refractivity contribution in [2.45, 2.75) is 43.7 Å². The quantitative estimate of drug-likeness (QED) is 0.376. The molecule has 1 atom stereocenters. The first kappa shape index (κ1) is 23.8. The maximum absolute atomic E-state index is 13.2. The van der Waals surface area contributed by atoms with E-state index in [0.29, 0.717) is 11.2 Å². The molecule has 4 aromatic rings. The van der Waals surface area contributed by atoms with Crippen molar-refractivity contribution in [3.8, 4) is 0 Å². The molecular formula is C27H29N3O3S2. The van der Waals surface area contributed by atoms with Gasteiger partial charge in [-0.1, -0.05) is 53.8 Å². The fourth-order valence-corrected chi connectivity index (χ4v) is 6.89. The van der Waals surface area contributed by atoms with Crippen LogP contribution in [0, 0.1) is 0 Å². The van der Waals surface area contributed by atoms with E-state index in [0.717, 1.165) is 41.1 Å². The Balaban J connectivity index is 1.34. The molecule has 1 aromatic heterocycles. The van der Waals surface area contributed by atoms with Crippen LogP contribution in [0.4, 0.5) is 5.69 Å². The van der Waals surface area contributed by atoms with Gasteiger partial charge in [-0.15, -0.1) is 0 Å². The number of aromatic nitrogens is 1. The second-order valence-electron chi connectivity index (χ2n) is 9.05. The van der Waals surface area contributed by atoms with Crippen molar-refractivity contribution in [3.63, 3.8) is 0 Å². The summed E-state index contributed by atoms with van der Waals surface area (Å²) in [6.45, 7) is 4.45. The standard InChI is InChI=1S/C27H29N3O3S2/c1-20(22-10-12-23(13-11-22)29-16-6-3-7-17-29)28-35(32,33)24-14-15-25-26(18-24)34-27(31)30(25)19-21-8-4-2-5-9-21/h2,4-5,8-15,18,20,28H,3,6-7,16-17,19H2,1H3. The third-order valence-electron chi connectivity index (χ3n) is 6.58. The van der Waals surface area contributed by atoms with Crippen LogP contribution in [0.15, 0.2) is 82.5 Å². The van der Waals surface area contributed by atoms with E-state index in [-0.39, 0.29) is 15.8 Å². The highest BCUT2D eigenvalue weighted by Gasteiger charge is 2.21. The minimum Gasteiger partial charge on any atom is -0.372 e. The van der Waals surface area contributed by atoms with Crippen LogP contribution in [-0.4, -0.2) is 26.1 Å². The number of benzene rings is 3. The van der Waals surface area contributed by atoms with Gasteiger partial charge in [-0.3, -0.25) is 9.36 Å². The van der Waals surface area contributed by atoms with Gasteiger partial charge in [-0.05, 0) is 67.6 Å². The predicted octanol–water partition coefficient (Wildman–Crippen LogP) is 5.14. The number of thiazole rings is 1. The Morgan fingerprint density at radius 2 is 1.66 bits per heavy atom. The van der Waals surface area contributed by atoms with Crippen LogP contribution in [0.5, 0.6) is 0 Å². The van der Waals surface area contributed by atoms with Gasteiger partial charge in [0.05, 0.1) is 21.7 Å². The lowest BCUT2D eigenvalue weighted by Crippen LogP contribution is -2.29. The van der Waals surface area contributed by atoms with Gasteiger partial charge >= 0.3 is 4.87 Å². The molecule has 0 bridgehead atoms. The Hall–Kier alpha value is -2.94. The van der Waals surface area contributed by atoms with Crippen molar-refractivity contribution < 1.29 is 8.42 Å². The molecule has 1 saturated heterocycles. The first-order valence-corrected chi connectivity index (χ1v) is 14.3. The molecule has 1 unspecified atom stereocenters. The van der Waals surface area contributed by atoms with Crippen molar-refractivity contribution in [1.29, 1.82) is 0 Å². The molecule has 182 valence electrons. The van der Waals surface area contributed by atoms with Crippen LogP contribution < -0.4 is 14.5 Å². The normalized spacial score (nSPS) is 15.4. The highest BCUT2D eigenvalue weighted by atomic mass is 32.2. The number of sulfonamides is 1. The lowest BCUT2D eigenvalue weighted by molar-refractivity contribution is 0.566. The van der Waals surface area contributed by atoms with Gasteiger partial charge in [-0.2, -0.15) is 0 Å². The first-order valence-electron chi connectivity index (χ1n) is 12.0. The fraction of sp³-hybridized carbons (Fsp3) is 0.296. The van der Waals surface area contributed by atoms with Gasteiger partial charge in [0.15, 0.2) is 0 Å². The van der Waals surface area contributed by atoms with Crippen LogP contribution in [0.1, 0.15) is 43.4 Å². The fourth-order valence-electron chi connectivity index (χ4n) is 4.62. The number of anilines is 1. The number of nitrogens with one attached hydrogen (secondary N) is 1. The number of rotatable bonds is 7. The summed E-state index contributed by atoms with van der Waals surface area (Å²) in [6.07, 6.45) is 3.72. The molecule has 0 saturated carbocycles. The van der Waals surface area contributed by atoms with Crippen LogP contribution >= 0.6 is 11.3 Å². The van der Waals surface area contributed by atoms with Crippen LogP contribution in [0.2, 0.25) is 0 Å². The van der Waals surface area contributed by atoms with Gasteiger partial charge in [0.25, 0.3) is 0 Å². The molecule has 8 heteroatoms. The monoisotopic (exact) mass is 507 g/mol. The van der Waals surface area contributed by atoms with Crippen molar-refractivity contribution in [3.05, 3.63) is 93.6 Å². The Labute approximate surface area is 209 Å². The van der Waals surface area contributed by atoms with E-state index < -0.39 is 10.0 Å². The van der Waals surface area contributed by atoms with Crippen LogP contribution in [0.3, 0.4) is 0 Å². The van der Waals surface area contributed by atoms with E-state index in [1.807, 2.05) is 49.4 Å². The summed E-state index contributed by atoms with van der Waals surface area (Å²) < 4.78 is 31.5. The molecule has 5 rings (SSSR count). The predicted molar refractivity (Wildman–Crippen MR) is 143 cm³/mol. The summed E-state index contributed by atoms with van der Waals surface area (Å²) in [4.78, 5) is 15.1. The molecule has 2 heterocycles. The molecule has 3 aromatic carbocycles. The van der Waals surface area contributed by atoms with Gasteiger partial charge in [-0.25, -0.2) is 13.1 Å². The number of fused-ring (bicyclic) bond motifs is 1. The minimum atomic E-state index is -3.76. The first-order chi connectivity index (χ1) is 16.9. The zero-order valence-corrected chi connectivity index (χ0v) is 21.3. The van der Waals surface area contributed by atoms with Gasteiger partial charge in [0.1, 0.15) is 0 Å². The van der Waals surface area contributed by atoms with Gasteiger partial charge in [0, 0.05) is 24.8 Å². The summed E-state index contributed by atoms with van der Waals surface area (Å²) in [5.41, 5.74) is 3.86.